The molecule has 2 N–H and O–H groups in total. The Bertz CT molecular complexity index is 1080. The lowest BCUT2D eigenvalue weighted by molar-refractivity contribution is -0.0608. The fraction of sp³-hybridized carbons (Fsp3) is 0.500. The van der Waals surface area contributed by atoms with Gasteiger partial charge in [-0.3, -0.25) is 9.62 Å². The molecule has 1 spiro atoms. The van der Waals surface area contributed by atoms with Crippen molar-refractivity contribution >= 4 is 15.7 Å². The zero-order chi connectivity index (χ0) is 21.6. The fourth-order valence-corrected chi connectivity index (χ4v) is 6.06. The van der Waals surface area contributed by atoms with E-state index in [1.165, 1.54) is 17.5 Å². The lowest BCUT2D eigenvalue weighted by Gasteiger charge is -2.48. The van der Waals surface area contributed by atoms with Gasteiger partial charge in [0.05, 0.1) is 12.4 Å². The minimum Gasteiger partial charge on any atom is -0.487 e. The van der Waals surface area contributed by atoms with Crippen molar-refractivity contribution in [2.75, 3.05) is 24.1 Å². The first-order chi connectivity index (χ1) is 14.8. The van der Waals surface area contributed by atoms with Crippen molar-refractivity contribution in [2.45, 2.75) is 56.3 Å². The largest absolute Gasteiger partial charge is 0.487 e. The average molecular weight is 443 g/mol. The number of likely N-dealkylation sites (tertiary alicyclic amines) is 1. The molecule has 166 valence electrons. The van der Waals surface area contributed by atoms with Crippen molar-refractivity contribution in [3.05, 3.63) is 59.2 Å². The number of sulfonamides is 1. The zero-order valence-corrected chi connectivity index (χ0v) is 18.7. The van der Waals surface area contributed by atoms with Crippen LogP contribution < -0.4 is 9.46 Å². The molecule has 6 nitrogen and oxygen atoms in total. The number of piperidine rings is 1. The van der Waals surface area contributed by atoms with Crippen LogP contribution in [0, 0.1) is 0 Å². The van der Waals surface area contributed by atoms with Crippen LogP contribution in [-0.4, -0.2) is 49.4 Å². The summed E-state index contributed by atoms with van der Waals surface area (Å²) in [6, 6.07) is 14.5. The number of benzene rings is 2. The van der Waals surface area contributed by atoms with E-state index in [1.54, 1.807) is 18.2 Å². The van der Waals surface area contributed by atoms with E-state index in [9.17, 15) is 13.5 Å². The summed E-state index contributed by atoms with van der Waals surface area (Å²) in [6.45, 7) is 1.95. The van der Waals surface area contributed by atoms with Gasteiger partial charge >= 0.3 is 0 Å². The van der Waals surface area contributed by atoms with Gasteiger partial charge in [-0.05, 0) is 61.4 Å². The maximum atomic E-state index is 11.5. The molecule has 3 aliphatic rings. The van der Waals surface area contributed by atoms with E-state index in [0.29, 0.717) is 29.5 Å². The van der Waals surface area contributed by atoms with Gasteiger partial charge in [-0.25, -0.2) is 8.42 Å². The van der Waals surface area contributed by atoms with E-state index in [1.807, 2.05) is 0 Å². The van der Waals surface area contributed by atoms with Crippen molar-refractivity contribution in [1.82, 2.24) is 4.90 Å². The number of hydrogen-bond donors (Lipinski definition) is 2. The number of aliphatic hydroxyl groups is 1. The molecule has 7 heteroatoms. The monoisotopic (exact) mass is 442 g/mol. The highest BCUT2D eigenvalue weighted by Gasteiger charge is 2.44. The first kappa shape index (κ1) is 20.8. The molecule has 0 radical (unpaired) electrons. The van der Waals surface area contributed by atoms with Crippen LogP contribution in [0.1, 0.15) is 48.5 Å². The highest BCUT2D eigenvalue weighted by atomic mass is 32.2. The molecule has 2 aromatic rings. The van der Waals surface area contributed by atoms with Gasteiger partial charge in [0.2, 0.25) is 10.0 Å². The van der Waals surface area contributed by atoms with E-state index in [0.717, 1.165) is 45.0 Å². The molecule has 1 aliphatic carbocycles. The number of ether oxygens (including phenoxy) is 1. The Hall–Kier alpha value is -2.09. The third-order valence-electron chi connectivity index (χ3n) is 7.11. The second-order valence-corrected chi connectivity index (χ2v) is 11.1. The quantitative estimate of drug-likeness (QED) is 0.763. The molecule has 2 aromatic carbocycles. The molecule has 2 heterocycles. The summed E-state index contributed by atoms with van der Waals surface area (Å²) in [5.74, 6) is 0.665. The number of nitrogens with zero attached hydrogens (tertiary/aromatic N) is 1. The summed E-state index contributed by atoms with van der Waals surface area (Å²) in [6.07, 6.45) is 6.26. The van der Waals surface area contributed by atoms with Gasteiger partial charge in [0.25, 0.3) is 0 Å². The summed E-state index contributed by atoms with van der Waals surface area (Å²) in [5.41, 5.74) is 3.74. The highest BCUT2D eigenvalue weighted by molar-refractivity contribution is 7.92. The predicted molar refractivity (Wildman–Crippen MR) is 121 cm³/mol. The number of fused-ring (bicyclic) bond motifs is 2. The number of anilines is 1. The van der Waals surface area contributed by atoms with Crippen LogP contribution in [0.15, 0.2) is 42.5 Å². The van der Waals surface area contributed by atoms with Crippen LogP contribution in [0.5, 0.6) is 5.75 Å². The fourth-order valence-electron chi connectivity index (χ4n) is 5.51. The average Bonchev–Trinajstić information content (AvgIpc) is 2.73. The Balaban J connectivity index is 1.26. The lowest BCUT2D eigenvalue weighted by atomic mass is 9.80. The number of nitrogens with one attached hydrogen (secondary N) is 1. The van der Waals surface area contributed by atoms with Gasteiger partial charge < -0.3 is 9.84 Å². The summed E-state index contributed by atoms with van der Waals surface area (Å²) in [5, 5.41) is 10.9. The van der Waals surface area contributed by atoms with Gasteiger partial charge in [-0.1, -0.05) is 24.3 Å². The third-order valence-corrected chi connectivity index (χ3v) is 7.72. The number of aryl methyl sites for hydroxylation is 1. The Morgan fingerprint density at radius 2 is 1.87 bits per heavy atom. The molecule has 2 atom stereocenters. The molecular formula is C24H30N2O4S. The SMILES string of the molecule is CS(=O)(=O)Nc1ccc2c(c1)[C@@H](O)CC1(CCN(C3CCc4ccccc4C3)CC1)O2. The van der Waals surface area contributed by atoms with Crippen LogP contribution in [0.2, 0.25) is 0 Å². The Kier molecular flexibility index (Phi) is 5.23. The molecule has 0 amide bonds. The normalized spacial score (nSPS) is 25.4. The van der Waals surface area contributed by atoms with Crippen LogP contribution in [-0.2, 0) is 22.9 Å². The molecule has 2 aliphatic heterocycles. The molecule has 0 saturated carbocycles. The zero-order valence-electron chi connectivity index (χ0n) is 17.9. The van der Waals surface area contributed by atoms with Crippen molar-refractivity contribution < 1.29 is 18.3 Å². The molecule has 31 heavy (non-hydrogen) atoms. The first-order valence-corrected chi connectivity index (χ1v) is 13.0. The van der Waals surface area contributed by atoms with E-state index < -0.39 is 16.1 Å². The molecule has 1 fully saturated rings. The Morgan fingerprint density at radius 1 is 1.13 bits per heavy atom. The standard InChI is InChI=1S/C24H30N2O4S/c1-31(28,29)25-19-7-9-23-21(15-19)22(27)16-24(30-23)10-12-26(13-11-24)20-8-6-17-4-2-3-5-18(17)14-20/h2-5,7,9,15,20,22,25,27H,6,8,10-14,16H2,1H3/t20?,22-/m0/s1. The second-order valence-electron chi connectivity index (χ2n) is 9.33. The van der Waals surface area contributed by atoms with Gasteiger partial charge in [0.15, 0.2) is 0 Å². The summed E-state index contributed by atoms with van der Waals surface area (Å²) in [7, 11) is -3.36. The van der Waals surface area contributed by atoms with Gasteiger partial charge in [-0.2, -0.15) is 0 Å². The van der Waals surface area contributed by atoms with Crippen molar-refractivity contribution in [2.24, 2.45) is 0 Å². The van der Waals surface area contributed by atoms with Crippen molar-refractivity contribution in [3.8, 4) is 5.75 Å². The molecule has 0 aromatic heterocycles. The van der Waals surface area contributed by atoms with E-state index >= 15 is 0 Å². The number of rotatable bonds is 3. The minimum absolute atomic E-state index is 0.346. The van der Waals surface area contributed by atoms with Crippen molar-refractivity contribution in [1.29, 1.82) is 0 Å². The topological polar surface area (TPSA) is 78.9 Å². The summed E-state index contributed by atoms with van der Waals surface area (Å²) in [4.78, 5) is 2.60. The highest BCUT2D eigenvalue weighted by Crippen LogP contribution is 2.45. The van der Waals surface area contributed by atoms with Crippen LogP contribution in [0.4, 0.5) is 5.69 Å². The third kappa shape index (κ3) is 4.31. The van der Waals surface area contributed by atoms with Gasteiger partial charge in [0.1, 0.15) is 11.4 Å². The van der Waals surface area contributed by atoms with Gasteiger partial charge in [0, 0.05) is 36.8 Å². The number of aliphatic hydroxyl groups excluding tert-OH is 1. The van der Waals surface area contributed by atoms with E-state index in [-0.39, 0.29) is 5.60 Å². The van der Waals surface area contributed by atoms with E-state index in [2.05, 4.69) is 33.9 Å². The maximum absolute atomic E-state index is 11.5. The van der Waals surface area contributed by atoms with Gasteiger partial charge in [-0.15, -0.1) is 0 Å². The maximum Gasteiger partial charge on any atom is 0.229 e. The smallest absolute Gasteiger partial charge is 0.229 e. The van der Waals surface area contributed by atoms with E-state index in [4.69, 9.17) is 4.74 Å². The lowest BCUT2D eigenvalue weighted by Crippen LogP contribution is -2.53. The Labute approximate surface area is 184 Å². The molecule has 0 bridgehead atoms. The second kappa shape index (κ2) is 7.80. The minimum atomic E-state index is -3.36. The van der Waals surface area contributed by atoms with Crippen molar-refractivity contribution in [3.63, 3.8) is 0 Å². The van der Waals surface area contributed by atoms with Crippen LogP contribution in [0.3, 0.4) is 0 Å². The number of hydrogen-bond acceptors (Lipinski definition) is 5. The summed E-state index contributed by atoms with van der Waals surface area (Å²) >= 11 is 0. The summed E-state index contributed by atoms with van der Waals surface area (Å²) < 4.78 is 31.9. The molecular weight excluding hydrogens is 412 g/mol. The Morgan fingerprint density at radius 3 is 2.61 bits per heavy atom. The predicted octanol–water partition coefficient (Wildman–Crippen LogP) is 3.27. The molecule has 1 saturated heterocycles. The molecule has 5 rings (SSSR count). The first-order valence-electron chi connectivity index (χ1n) is 11.1. The van der Waals surface area contributed by atoms with Crippen LogP contribution >= 0.6 is 0 Å². The molecule has 1 unspecified atom stereocenters. The van der Waals surface area contributed by atoms with Crippen LogP contribution in [0.25, 0.3) is 0 Å².